The maximum atomic E-state index is 13.6. The smallest absolute Gasteiger partial charge is 0.228 e. The molecule has 2 aliphatic heterocycles. The van der Waals surface area contributed by atoms with Crippen molar-refractivity contribution in [2.24, 2.45) is 5.41 Å². The zero-order chi connectivity index (χ0) is 24.0. The van der Waals surface area contributed by atoms with E-state index in [-0.39, 0.29) is 5.41 Å². The van der Waals surface area contributed by atoms with Crippen molar-refractivity contribution in [2.45, 2.75) is 78.3 Å². The summed E-state index contributed by atoms with van der Waals surface area (Å²) in [6, 6.07) is 8.35. The van der Waals surface area contributed by atoms with E-state index in [1.165, 1.54) is 24.0 Å². The van der Waals surface area contributed by atoms with Gasteiger partial charge in [-0.25, -0.2) is 0 Å². The van der Waals surface area contributed by atoms with E-state index >= 15 is 0 Å². The molecule has 2 aliphatic rings. The molecule has 2 aromatic rings. The molecule has 0 aliphatic carbocycles. The van der Waals surface area contributed by atoms with Gasteiger partial charge in [-0.05, 0) is 70.2 Å². The maximum absolute atomic E-state index is 13.6. The second-order valence-corrected chi connectivity index (χ2v) is 10.3. The normalized spacial score (nSPS) is 19.9. The van der Waals surface area contributed by atoms with Gasteiger partial charge in [-0.15, -0.1) is 0 Å². The molecule has 0 bridgehead atoms. The lowest BCUT2D eigenvalue weighted by Crippen LogP contribution is -2.50. The fraction of sp³-hybridized carbons (Fsp3) is 0.643. The van der Waals surface area contributed by atoms with Crippen molar-refractivity contribution in [3.05, 3.63) is 47.3 Å². The van der Waals surface area contributed by atoms with Gasteiger partial charge < -0.3 is 9.64 Å². The number of carbonyl (C=O) groups excluding carboxylic acids is 1. The predicted molar refractivity (Wildman–Crippen MR) is 136 cm³/mol. The lowest BCUT2D eigenvalue weighted by Gasteiger charge is -2.43. The number of unbranched alkanes of at least 4 members (excludes halogenated alkanes) is 1. The number of aryl methyl sites for hydroxylation is 3. The molecule has 186 valence electrons. The number of hydrogen-bond acceptors (Lipinski definition) is 4. The van der Waals surface area contributed by atoms with E-state index in [1.54, 1.807) is 0 Å². The third kappa shape index (κ3) is 5.83. The Hall–Kier alpha value is -2.34. The van der Waals surface area contributed by atoms with Crippen molar-refractivity contribution in [3.63, 3.8) is 0 Å². The van der Waals surface area contributed by atoms with Crippen molar-refractivity contribution in [1.29, 1.82) is 0 Å². The van der Waals surface area contributed by atoms with Crippen molar-refractivity contribution in [1.82, 2.24) is 19.6 Å². The van der Waals surface area contributed by atoms with Crippen molar-refractivity contribution < 1.29 is 9.53 Å². The number of hydrogen-bond donors (Lipinski definition) is 0. The number of piperidine rings is 1. The van der Waals surface area contributed by atoms with Crippen LogP contribution in [-0.2, 0) is 24.3 Å². The van der Waals surface area contributed by atoms with E-state index in [1.807, 2.05) is 18.0 Å². The van der Waals surface area contributed by atoms with Gasteiger partial charge in [0.1, 0.15) is 12.4 Å². The molecular formula is C28H42N4O2. The Morgan fingerprint density at radius 1 is 1.09 bits per heavy atom. The molecule has 0 radical (unpaired) electrons. The molecule has 1 aromatic heterocycles. The van der Waals surface area contributed by atoms with Crippen molar-refractivity contribution >= 4 is 5.91 Å². The molecule has 6 heteroatoms. The van der Waals surface area contributed by atoms with E-state index < -0.39 is 0 Å². The van der Waals surface area contributed by atoms with Gasteiger partial charge >= 0.3 is 0 Å². The highest BCUT2D eigenvalue weighted by atomic mass is 16.5. The average Bonchev–Trinajstić information content (AvgIpc) is 3.20. The van der Waals surface area contributed by atoms with Gasteiger partial charge in [0.05, 0.1) is 17.7 Å². The molecule has 34 heavy (non-hydrogen) atoms. The molecule has 3 heterocycles. The van der Waals surface area contributed by atoms with E-state index in [0.29, 0.717) is 19.1 Å². The summed E-state index contributed by atoms with van der Waals surface area (Å²) in [5.41, 5.74) is 3.52. The zero-order valence-electron chi connectivity index (χ0n) is 21.4. The van der Waals surface area contributed by atoms with Crippen molar-refractivity contribution in [3.8, 4) is 5.75 Å². The first kappa shape index (κ1) is 24.8. The van der Waals surface area contributed by atoms with E-state index in [9.17, 15) is 4.79 Å². The largest absolute Gasteiger partial charge is 0.491 e. The van der Waals surface area contributed by atoms with Crippen LogP contribution in [0, 0.1) is 12.3 Å². The molecule has 1 aromatic carbocycles. The molecule has 6 nitrogen and oxygen atoms in total. The first-order valence-corrected chi connectivity index (χ1v) is 13.2. The third-order valence-electron chi connectivity index (χ3n) is 7.80. The summed E-state index contributed by atoms with van der Waals surface area (Å²) >= 11 is 0. The molecule has 1 spiro atoms. The van der Waals surface area contributed by atoms with Gasteiger partial charge in [-0.3, -0.25) is 14.4 Å². The summed E-state index contributed by atoms with van der Waals surface area (Å²) < 4.78 is 8.17. The number of fused-ring (bicyclic) bond motifs is 1. The first-order valence-electron chi connectivity index (χ1n) is 13.2. The number of rotatable bonds is 5. The molecule has 1 saturated heterocycles. The zero-order valence-corrected chi connectivity index (χ0v) is 21.4. The van der Waals surface area contributed by atoms with Crippen molar-refractivity contribution in [2.75, 3.05) is 33.3 Å². The number of nitrogens with zero attached hydrogens (tertiary/aromatic N) is 4. The number of likely N-dealkylation sites (tertiary alicyclic amines) is 1. The Labute approximate surface area is 205 Å². The number of amides is 1. The highest BCUT2D eigenvalue weighted by Gasteiger charge is 2.42. The van der Waals surface area contributed by atoms with Crippen LogP contribution in [0.4, 0.5) is 0 Å². The standard InChI is InChI=1S/C28H42N4O2/c1-4-5-16-32-22-25(23(2)29-32)21-31-17-14-28(15-18-31)13-9-8-11-24-10-6-7-12-26(24)34-20-19-30(3)27(28)33/h6-7,10,12,22H,4-5,8-9,11,13-21H2,1-3H3. The van der Waals surface area contributed by atoms with Crippen LogP contribution in [0.25, 0.3) is 0 Å². The van der Waals surface area contributed by atoms with Crippen LogP contribution < -0.4 is 4.74 Å². The summed E-state index contributed by atoms with van der Waals surface area (Å²) in [7, 11) is 1.95. The van der Waals surface area contributed by atoms with E-state index in [4.69, 9.17) is 9.84 Å². The monoisotopic (exact) mass is 466 g/mol. The molecule has 1 fully saturated rings. The number of likely N-dealkylation sites (N-methyl/N-ethyl adjacent to an activating group) is 1. The molecule has 0 saturated carbocycles. The van der Waals surface area contributed by atoms with Crippen LogP contribution in [0.3, 0.4) is 0 Å². The van der Waals surface area contributed by atoms with Gasteiger partial charge in [-0.2, -0.15) is 5.10 Å². The lowest BCUT2D eigenvalue weighted by molar-refractivity contribution is -0.145. The van der Waals surface area contributed by atoms with Gasteiger partial charge in [0, 0.05) is 31.9 Å². The number of carbonyl (C=O) groups is 1. The SMILES string of the molecule is CCCCn1cc(CN2CCC3(CCCCc4ccccc4OCCN(C)C3=O)CC2)c(C)n1. The second-order valence-electron chi connectivity index (χ2n) is 10.3. The molecular weight excluding hydrogens is 424 g/mol. The molecule has 0 atom stereocenters. The number of aromatic nitrogens is 2. The Morgan fingerprint density at radius 2 is 1.88 bits per heavy atom. The summed E-state index contributed by atoms with van der Waals surface area (Å²) in [6.45, 7) is 9.38. The minimum Gasteiger partial charge on any atom is -0.491 e. The van der Waals surface area contributed by atoms with Crippen LogP contribution in [-0.4, -0.2) is 58.8 Å². The fourth-order valence-corrected chi connectivity index (χ4v) is 5.53. The first-order chi connectivity index (χ1) is 16.5. The van der Waals surface area contributed by atoms with Crippen LogP contribution in [0.5, 0.6) is 5.75 Å². The summed E-state index contributed by atoms with van der Waals surface area (Å²) in [4.78, 5) is 18.1. The topological polar surface area (TPSA) is 50.6 Å². The van der Waals surface area contributed by atoms with Crippen LogP contribution in [0.2, 0.25) is 0 Å². The fourth-order valence-electron chi connectivity index (χ4n) is 5.53. The van der Waals surface area contributed by atoms with Crippen LogP contribution in [0.15, 0.2) is 30.5 Å². The third-order valence-corrected chi connectivity index (χ3v) is 7.80. The van der Waals surface area contributed by atoms with Gasteiger partial charge in [0.15, 0.2) is 0 Å². The quantitative estimate of drug-likeness (QED) is 0.633. The van der Waals surface area contributed by atoms with Crippen LogP contribution in [0.1, 0.15) is 68.7 Å². The van der Waals surface area contributed by atoms with E-state index in [2.05, 4.69) is 47.8 Å². The molecule has 0 N–H and O–H groups in total. The Balaban J connectivity index is 1.39. The van der Waals surface area contributed by atoms with E-state index in [0.717, 1.165) is 76.1 Å². The van der Waals surface area contributed by atoms with Gasteiger partial charge in [0.25, 0.3) is 0 Å². The minimum absolute atomic E-state index is 0.232. The number of benzene rings is 1. The summed E-state index contributed by atoms with van der Waals surface area (Å²) in [5.74, 6) is 1.29. The molecule has 1 amide bonds. The number of ether oxygens (including phenoxy) is 1. The summed E-state index contributed by atoms with van der Waals surface area (Å²) in [6.07, 6.45) is 10.6. The highest BCUT2D eigenvalue weighted by molar-refractivity contribution is 5.82. The van der Waals surface area contributed by atoms with Gasteiger partial charge in [0.2, 0.25) is 5.91 Å². The molecule has 4 rings (SSSR count). The average molecular weight is 467 g/mol. The minimum atomic E-state index is -0.232. The second kappa shape index (κ2) is 11.4. The van der Waals surface area contributed by atoms with Gasteiger partial charge in [-0.1, -0.05) is 38.0 Å². The Bertz CT molecular complexity index is 946. The van der Waals surface area contributed by atoms with Crippen LogP contribution >= 0.6 is 0 Å². The predicted octanol–water partition coefficient (Wildman–Crippen LogP) is 4.84. The highest BCUT2D eigenvalue weighted by Crippen LogP contribution is 2.39. The molecule has 0 unspecified atom stereocenters. The lowest BCUT2D eigenvalue weighted by atomic mass is 9.73. The summed E-state index contributed by atoms with van der Waals surface area (Å²) in [5, 5.41) is 4.71. The maximum Gasteiger partial charge on any atom is 0.228 e. The Morgan fingerprint density at radius 3 is 2.68 bits per heavy atom. The Kier molecular flexibility index (Phi) is 8.30. The number of para-hydroxylation sites is 1.